The largest absolute Gasteiger partial charge is 0.319 e. The summed E-state index contributed by atoms with van der Waals surface area (Å²) in [6, 6.07) is 14.4. The van der Waals surface area contributed by atoms with Crippen molar-refractivity contribution in [1.29, 1.82) is 0 Å². The molecular formula is C19H16FNO3S3. The van der Waals surface area contributed by atoms with Gasteiger partial charge >= 0.3 is 0 Å². The van der Waals surface area contributed by atoms with Crippen molar-refractivity contribution in [1.82, 2.24) is 0 Å². The van der Waals surface area contributed by atoms with E-state index >= 15 is 0 Å². The molecule has 0 aliphatic rings. The quantitative estimate of drug-likeness (QED) is 0.457. The number of hydrogen-bond donors (Lipinski definition) is 1. The summed E-state index contributed by atoms with van der Waals surface area (Å²) in [6.45, 7) is 0. The van der Waals surface area contributed by atoms with Crippen LogP contribution in [0.5, 0.6) is 0 Å². The van der Waals surface area contributed by atoms with Gasteiger partial charge in [0.2, 0.25) is 0 Å². The molecule has 2 aromatic carbocycles. The van der Waals surface area contributed by atoms with Gasteiger partial charge in [-0.1, -0.05) is 18.2 Å². The second-order valence-corrected chi connectivity index (χ2v) is 9.80. The fourth-order valence-corrected chi connectivity index (χ4v) is 4.81. The number of thioether (sulfide) groups is 1. The number of amides is 1. The first-order valence-corrected chi connectivity index (χ1v) is 11.7. The van der Waals surface area contributed by atoms with Crippen LogP contribution in [0.2, 0.25) is 0 Å². The summed E-state index contributed by atoms with van der Waals surface area (Å²) in [5.74, 6) is -0.465. The molecule has 140 valence electrons. The van der Waals surface area contributed by atoms with Crippen molar-refractivity contribution in [3.8, 4) is 0 Å². The van der Waals surface area contributed by atoms with E-state index in [0.717, 1.165) is 29.0 Å². The molecule has 0 bridgehead atoms. The van der Waals surface area contributed by atoms with Gasteiger partial charge in [0.25, 0.3) is 5.91 Å². The molecule has 0 fully saturated rings. The Morgan fingerprint density at radius 1 is 1.15 bits per heavy atom. The number of sulfone groups is 1. The van der Waals surface area contributed by atoms with Crippen molar-refractivity contribution >= 4 is 44.5 Å². The summed E-state index contributed by atoms with van der Waals surface area (Å²) < 4.78 is 37.4. The molecule has 0 radical (unpaired) electrons. The van der Waals surface area contributed by atoms with Crippen molar-refractivity contribution in [3.05, 3.63) is 76.2 Å². The van der Waals surface area contributed by atoms with Crippen LogP contribution in [0.4, 0.5) is 10.1 Å². The first-order chi connectivity index (χ1) is 12.8. The normalized spacial score (nSPS) is 11.3. The van der Waals surface area contributed by atoms with Crippen LogP contribution in [0.1, 0.15) is 15.2 Å². The Labute approximate surface area is 165 Å². The Hall–Kier alpha value is -2.16. The SMILES string of the molecule is CS(=O)(=O)c1ccc(F)c(NC(=O)c2ccccc2SCc2cccs2)c1. The van der Waals surface area contributed by atoms with Gasteiger partial charge in [-0.15, -0.1) is 23.1 Å². The topological polar surface area (TPSA) is 63.2 Å². The summed E-state index contributed by atoms with van der Waals surface area (Å²) in [7, 11) is -3.51. The van der Waals surface area contributed by atoms with E-state index in [2.05, 4.69) is 5.32 Å². The molecule has 0 saturated carbocycles. The van der Waals surface area contributed by atoms with E-state index in [0.29, 0.717) is 5.56 Å². The molecule has 27 heavy (non-hydrogen) atoms. The first kappa shape index (κ1) is 19.6. The van der Waals surface area contributed by atoms with Gasteiger partial charge in [-0.3, -0.25) is 4.79 Å². The Balaban J connectivity index is 1.83. The molecule has 0 unspecified atom stereocenters. The maximum absolute atomic E-state index is 14.1. The lowest BCUT2D eigenvalue weighted by Gasteiger charge is -2.11. The molecule has 0 atom stereocenters. The molecule has 0 aliphatic heterocycles. The van der Waals surface area contributed by atoms with Gasteiger partial charge in [-0.2, -0.15) is 0 Å². The molecule has 8 heteroatoms. The highest BCUT2D eigenvalue weighted by Gasteiger charge is 2.16. The van der Waals surface area contributed by atoms with Crippen LogP contribution in [-0.2, 0) is 15.6 Å². The highest BCUT2D eigenvalue weighted by atomic mass is 32.2. The van der Waals surface area contributed by atoms with Crippen molar-refractivity contribution in [2.24, 2.45) is 0 Å². The number of benzene rings is 2. The molecule has 0 spiro atoms. The molecular weight excluding hydrogens is 405 g/mol. The summed E-state index contributed by atoms with van der Waals surface area (Å²) in [5, 5.41) is 4.48. The van der Waals surface area contributed by atoms with Crippen LogP contribution in [0, 0.1) is 5.82 Å². The predicted molar refractivity (Wildman–Crippen MR) is 108 cm³/mol. The number of rotatable bonds is 6. The smallest absolute Gasteiger partial charge is 0.256 e. The lowest BCUT2D eigenvalue weighted by atomic mass is 10.2. The third-order valence-corrected chi connectivity index (χ3v) is 6.99. The van der Waals surface area contributed by atoms with Gasteiger partial charge in [0.1, 0.15) is 5.82 Å². The van der Waals surface area contributed by atoms with Gasteiger partial charge in [0.05, 0.1) is 16.1 Å². The van der Waals surface area contributed by atoms with Gasteiger partial charge in [0.15, 0.2) is 9.84 Å². The predicted octanol–water partition coefficient (Wildman–Crippen LogP) is 4.84. The number of carbonyl (C=O) groups excluding carboxylic acids is 1. The number of hydrogen-bond acceptors (Lipinski definition) is 5. The molecule has 1 heterocycles. The van der Waals surface area contributed by atoms with Crippen LogP contribution >= 0.6 is 23.1 Å². The zero-order chi connectivity index (χ0) is 19.4. The Kier molecular flexibility index (Phi) is 5.98. The fourth-order valence-electron chi connectivity index (χ4n) is 2.34. The molecule has 1 aromatic heterocycles. The van der Waals surface area contributed by atoms with E-state index in [4.69, 9.17) is 0 Å². The van der Waals surface area contributed by atoms with E-state index in [9.17, 15) is 17.6 Å². The van der Waals surface area contributed by atoms with Crippen LogP contribution in [0.3, 0.4) is 0 Å². The molecule has 3 aromatic rings. The standard InChI is InChI=1S/C19H16FNO3S3/c1-27(23,24)14-8-9-16(20)17(11-14)21-19(22)15-6-2-3-7-18(15)26-12-13-5-4-10-25-13/h2-11H,12H2,1H3,(H,21,22). The number of halogens is 1. The number of anilines is 1. The van der Waals surface area contributed by atoms with Crippen molar-refractivity contribution < 1.29 is 17.6 Å². The van der Waals surface area contributed by atoms with Gasteiger partial charge in [-0.25, -0.2) is 12.8 Å². The van der Waals surface area contributed by atoms with Crippen molar-refractivity contribution in [2.45, 2.75) is 15.5 Å². The maximum Gasteiger partial charge on any atom is 0.256 e. The van der Waals surface area contributed by atoms with Gasteiger partial charge in [0, 0.05) is 21.8 Å². The lowest BCUT2D eigenvalue weighted by molar-refractivity contribution is 0.102. The third kappa shape index (κ3) is 4.97. The zero-order valence-corrected chi connectivity index (χ0v) is 16.8. The summed E-state index contributed by atoms with van der Waals surface area (Å²) in [6.07, 6.45) is 1.03. The molecule has 4 nitrogen and oxygen atoms in total. The fraction of sp³-hybridized carbons (Fsp3) is 0.105. The molecule has 3 rings (SSSR count). The van der Waals surface area contributed by atoms with E-state index in [1.807, 2.05) is 29.6 Å². The van der Waals surface area contributed by atoms with E-state index in [-0.39, 0.29) is 10.6 Å². The minimum absolute atomic E-state index is 0.0560. The molecule has 1 N–H and O–H groups in total. The summed E-state index contributed by atoms with van der Waals surface area (Å²) >= 11 is 3.15. The second-order valence-electron chi connectivity index (χ2n) is 5.73. The van der Waals surface area contributed by atoms with Crippen LogP contribution in [0.15, 0.2) is 69.8 Å². The molecule has 1 amide bonds. The van der Waals surface area contributed by atoms with E-state index in [1.165, 1.54) is 22.7 Å². The zero-order valence-electron chi connectivity index (χ0n) is 14.3. The molecule has 0 aliphatic carbocycles. The highest BCUT2D eigenvalue weighted by molar-refractivity contribution is 7.98. The average molecular weight is 422 g/mol. The Morgan fingerprint density at radius 2 is 1.93 bits per heavy atom. The Bertz CT molecular complexity index is 1060. The van der Waals surface area contributed by atoms with E-state index in [1.54, 1.807) is 23.5 Å². The molecule has 0 saturated heterocycles. The van der Waals surface area contributed by atoms with E-state index < -0.39 is 21.6 Å². The number of nitrogens with one attached hydrogen (secondary N) is 1. The second kappa shape index (κ2) is 8.24. The maximum atomic E-state index is 14.1. The van der Waals surface area contributed by atoms with Gasteiger partial charge in [-0.05, 0) is 41.8 Å². The minimum atomic E-state index is -3.51. The monoisotopic (exact) mass is 421 g/mol. The third-order valence-electron chi connectivity index (χ3n) is 3.70. The highest BCUT2D eigenvalue weighted by Crippen LogP contribution is 2.29. The van der Waals surface area contributed by atoms with Gasteiger partial charge < -0.3 is 5.32 Å². The van der Waals surface area contributed by atoms with Crippen LogP contribution in [-0.4, -0.2) is 20.6 Å². The van der Waals surface area contributed by atoms with Crippen LogP contribution < -0.4 is 5.32 Å². The number of thiophene rings is 1. The average Bonchev–Trinajstić information content (AvgIpc) is 3.14. The number of carbonyl (C=O) groups is 1. The minimum Gasteiger partial charge on any atom is -0.319 e. The van der Waals surface area contributed by atoms with Crippen molar-refractivity contribution in [2.75, 3.05) is 11.6 Å². The van der Waals surface area contributed by atoms with Crippen molar-refractivity contribution in [3.63, 3.8) is 0 Å². The first-order valence-electron chi connectivity index (χ1n) is 7.90. The van der Waals surface area contributed by atoms with Crippen LogP contribution in [0.25, 0.3) is 0 Å². The Morgan fingerprint density at radius 3 is 2.63 bits per heavy atom. The summed E-state index contributed by atoms with van der Waals surface area (Å²) in [5.41, 5.74) is 0.240. The summed E-state index contributed by atoms with van der Waals surface area (Å²) in [4.78, 5) is 14.6. The lowest BCUT2D eigenvalue weighted by Crippen LogP contribution is -2.14.